The Morgan fingerprint density at radius 2 is 2.00 bits per heavy atom. The molecule has 0 spiro atoms. The van der Waals surface area contributed by atoms with E-state index in [0.29, 0.717) is 18.7 Å². The lowest BCUT2D eigenvalue weighted by Gasteiger charge is -2.26. The smallest absolute Gasteiger partial charge is 0.254 e. The number of nitrogens with zero attached hydrogens (tertiary/aromatic N) is 4. The Balaban J connectivity index is 1.32. The van der Waals surface area contributed by atoms with Crippen molar-refractivity contribution in [3.8, 4) is 5.69 Å². The summed E-state index contributed by atoms with van der Waals surface area (Å²) in [6.07, 6.45) is 7.84. The third-order valence-electron chi connectivity index (χ3n) is 5.28. The van der Waals surface area contributed by atoms with E-state index in [1.807, 2.05) is 35.4 Å². The van der Waals surface area contributed by atoms with Crippen LogP contribution in [0.25, 0.3) is 22.2 Å². The molecule has 0 fully saturated rings. The first-order chi connectivity index (χ1) is 14.2. The van der Waals surface area contributed by atoms with Crippen LogP contribution in [0.5, 0.6) is 0 Å². The lowest BCUT2D eigenvalue weighted by atomic mass is 9.98. The lowest BCUT2D eigenvalue weighted by molar-refractivity contribution is 0.0773. The molecular weight excluding hydrogens is 369 g/mol. The molecule has 2 aromatic heterocycles. The maximum atomic E-state index is 13.4. The average Bonchev–Trinajstić information content (AvgIpc) is 3.43. The van der Waals surface area contributed by atoms with Crippen molar-refractivity contribution in [2.45, 2.75) is 6.42 Å². The van der Waals surface area contributed by atoms with Crippen molar-refractivity contribution < 1.29 is 9.18 Å². The molecule has 1 N–H and O–H groups in total. The van der Waals surface area contributed by atoms with E-state index in [2.05, 4.69) is 21.1 Å². The van der Waals surface area contributed by atoms with E-state index in [1.165, 1.54) is 24.0 Å². The quantitative estimate of drug-likeness (QED) is 0.581. The molecule has 144 valence electrons. The van der Waals surface area contributed by atoms with Gasteiger partial charge in [-0.15, -0.1) is 0 Å². The van der Waals surface area contributed by atoms with Crippen LogP contribution in [0.2, 0.25) is 0 Å². The van der Waals surface area contributed by atoms with E-state index >= 15 is 0 Å². The number of nitrogens with one attached hydrogen (secondary N) is 1. The maximum Gasteiger partial charge on any atom is 0.254 e. The molecule has 0 radical (unpaired) electrons. The van der Waals surface area contributed by atoms with Crippen molar-refractivity contribution in [2.75, 3.05) is 13.1 Å². The highest BCUT2D eigenvalue weighted by molar-refractivity contribution is 5.96. The lowest BCUT2D eigenvalue weighted by Crippen LogP contribution is -2.34. The second-order valence-corrected chi connectivity index (χ2v) is 7.01. The fourth-order valence-corrected chi connectivity index (χ4v) is 3.74. The SMILES string of the molecule is O=C(c1ccc(-n2cncn2)cc1)N1CC=C(c2c[nH]c3cc(F)ccc23)CC1. The number of rotatable bonds is 3. The van der Waals surface area contributed by atoms with Gasteiger partial charge in [-0.25, -0.2) is 14.1 Å². The number of hydrogen-bond acceptors (Lipinski definition) is 3. The Morgan fingerprint density at radius 1 is 1.14 bits per heavy atom. The minimum Gasteiger partial charge on any atom is -0.360 e. The van der Waals surface area contributed by atoms with Crippen molar-refractivity contribution in [1.82, 2.24) is 24.6 Å². The zero-order chi connectivity index (χ0) is 19.8. The molecule has 0 aliphatic carbocycles. The molecule has 1 amide bonds. The summed E-state index contributed by atoms with van der Waals surface area (Å²) in [6.45, 7) is 1.19. The first kappa shape index (κ1) is 17.4. The van der Waals surface area contributed by atoms with Gasteiger partial charge in [0.05, 0.1) is 5.69 Å². The highest BCUT2D eigenvalue weighted by atomic mass is 19.1. The predicted molar refractivity (Wildman–Crippen MR) is 108 cm³/mol. The van der Waals surface area contributed by atoms with Crippen molar-refractivity contribution in [3.63, 3.8) is 0 Å². The van der Waals surface area contributed by atoms with Crippen molar-refractivity contribution in [3.05, 3.63) is 84.3 Å². The predicted octanol–water partition coefficient (Wildman–Crippen LogP) is 3.82. The molecule has 0 saturated carbocycles. The van der Waals surface area contributed by atoms with Crippen LogP contribution >= 0.6 is 0 Å². The Morgan fingerprint density at radius 3 is 2.72 bits per heavy atom. The monoisotopic (exact) mass is 387 g/mol. The van der Waals surface area contributed by atoms with Crippen LogP contribution in [-0.4, -0.2) is 43.6 Å². The highest BCUT2D eigenvalue weighted by Gasteiger charge is 2.20. The normalized spacial score (nSPS) is 14.2. The topological polar surface area (TPSA) is 66.8 Å². The maximum absolute atomic E-state index is 13.4. The van der Waals surface area contributed by atoms with Gasteiger partial charge in [0.25, 0.3) is 5.91 Å². The van der Waals surface area contributed by atoms with Crippen LogP contribution in [0.3, 0.4) is 0 Å². The van der Waals surface area contributed by atoms with E-state index in [9.17, 15) is 9.18 Å². The molecule has 0 bridgehead atoms. The van der Waals surface area contributed by atoms with Crippen LogP contribution in [0.4, 0.5) is 4.39 Å². The molecule has 6 nitrogen and oxygen atoms in total. The van der Waals surface area contributed by atoms with Crippen molar-refractivity contribution >= 4 is 22.4 Å². The Kier molecular flexibility index (Phi) is 4.20. The zero-order valence-electron chi connectivity index (χ0n) is 15.5. The summed E-state index contributed by atoms with van der Waals surface area (Å²) in [5.74, 6) is -0.249. The third-order valence-corrected chi connectivity index (χ3v) is 5.28. The first-order valence-corrected chi connectivity index (χ1v) is 9.39. The molecule has 1 aliphatic rings. The number of amides is 1. The molecular formula is C22H18FN5O. The number of carbonyl (C=O) groups is 1. The number of fused-ring (bicyclic) bond motifs is 1. The van der Waals surface area contributed by atoms with Crippen molar-refractivity contribution in [1.29, 1.82) is 0 Å². The molecule has 29 heavy (non-hydrogen) atoms. The van der Waals surface area contributed by atoms with Gasteiger partial charge in [0, 0.05) is 41.3 Å². The fourth-order valence-electron chi connectivity index (χ4n) is 3.74. The molecule has 4 aromatic rings. The molecule has 0 atom stereocenters. The van der Waals surface area contributed by atoms with Gasteiger partial charge in [0.1, 0.15) is 18.5 Å². The van der Waals surface area contributed by atoms with Crippen LogP contribution in [0.15, 0.2) is 67.4 Å². The van der Waals surface area contributed by atoms with Crippen LogP contribution in [0.1, 0.15) is 22.3 Å². The highest BCUT2D eigenvalue weighted by Crippen LogP contribution is 2.30. The van der Waals surface area contributed by atoms with Gasteiger partial charge in [-0.3, -0.25) is 4.79 Å². The standard InChI is InChI=1S/C22H18FN5O/c23-17-3-6-19-20(12-25-21(19)11-17)15-7-9-27(10-8-15)22(29)16-1-4-18(5-2-16)28-14-24-13-26-28/h1-7,11-14,25H,8-10H2. The molecule has 1 aliphatic heterocycles. The number of carbonyl (C=O) groups excluding carboxylic acids is 1. The molecule has 3 heterocycles. The summed E-state index contributed by atoms with van der Waals surface area (Å²) in [6, 6.07) is 12.1. The van der Waals surface area contributed by atoms with Crippen LogP contribution in [0, 0.1) is 5.82 Å². The van der Waals surface area contributed by atoms with Gasteiger partial charge in [0.15, 0.2) is 0 Å². The summed E-state index contributed by atoms with van der Waals surface area (Å²) in [5.41, 5.74) is 4.54. The molecule has 2 aromatic carbocycles. The number of halogens is 1. The largest absolute Gasteiger partial charge is 0.360 e. The van der Waals surface area contributed by atoms with E-state index in [-0.39, 0.29) is 11.7 Å². The summed E-state index contributed by atoms with van der Waals surface area (Å²) in [5, 5.41) is 5.09. The Labute approximate surface area is 166 Å². The van der Waals surface area contributed by atoms with Crippen LogP contribution in [-0.2, 0) is 0 Å². The fraction of sp³-hybridized carbons (Fsp3) is 0.136. The zero-order valence-corrected chi connectivity index (χ0v) is 15.5. The molecule has 5 rings (SSSR count). The minimum atomic E-state index is -0.255. The van der Waals surface area contributed by atoms with E-state index in [0.717, 1.165) is 28.6 Å². The third kappa shape index (κ3) is 3.20. The van der Waals surface area contributed by atoms with Gasteiger partial charge in [-0.05, 0) is 54.5 Å². The molecule has 0 saturated heterocycles. The van der Waals surface area contributed by atoms with E-state index < -0.39 is 0 Å². The van der Waals surface area contributed by atoms with Gasteiger partial charge in [-0.2, -0.15) is 5.10 Å². The number of aromatic nitrogens is 4. The minimum absolute atomic E-state index is 0.00596. The van der Waals surface area contributed by atoms with Crippen LogP contribution < -0.4 is 0 Å². The van der Waals surface area contributed by atoms with Crippen molar-refractivity contribution in [2.24, 2.45) is 0 Å². The average molecular weight is 387 g/mol. The summed E-state index contributed by atoms with van der Waals surface area (Å²) in [4.78, 5) is 21.8. The molecule has 7 heteroatoms. The van der Waals surface area contributed by atoms with Gasteiger partial charge in [-0.1, -0.05) is 6.08 Å². The van der Waals surface area contributed by atoms with Gasteiger partial charge >= 0.3 is 0 Å². The van der Waals surface area contributed by atoms with E-state index in [1.54, 1.807) is 17.1 Å². The number of hydrogen-bond donors (Lipinski definition) is 1. The summed E-state index contributed by atoms with van der Waals surface area (Å²) < 4.78 is 15.1. The number of benzene rings is 2. The number of H-pyrrole nitrogens is 1. The Bertz CT molecular complexity index is 1210. The summed E-state index contributed by atoms with van der Waals surface area (Å²) >= 11 is 0. The van der Waals surface area contributed by atoms with E-state index in [4.69, 9.17) is 0 Å². The first-order valence-electron chi connectivity index (χ1n) is 9.39. The Hall–Kier alpha value is -3.74. The summed E-state index contributed by atoms with van der Waals surface area (Å²) in [7, 11) is 0. The van der Waals surface area contributed by atoms with Gasteiger partial charge < -0.3 is 9.88 Å². The van der Waals surface area contributed by atoms with Gasteiger partial charge in [0.2, 0.25) is 0 Å². The second-order valence-electron chi connectivity index (χ2n) is 7.01. The molecule has 0 unspecified atom stereocenters. The second kappa shape index (κ2) is 7.01. The number of aromatic amines is 1.